The number of amides is 1. The Kier molecular flexibility index (Phi) is 7.78. The van der Waals surface area contributed by atoms with Crippen LogP contribution in [0.5, 0.6) is 0 Å². The number of carbonyl (C=O) groups is 2. The molecule has 150 valence electrons. The van der Waals surface area contributed by atoms with Gasteiger partial charge in [0.15, 0.2) is 0 Å². The predicted octanol–water partition coefficient (Wildman–Crippen LogP) is -1.59. The maximum Gasteiger partial charge on any atom is 0.305 e. The number of hydrogen-bond acceptors (Lipinski definition) is 8. The first-order chi connectivity index (χ1) is 12.4. The summed E-state index contributed by atoms with van der Waals surface area (Å²) in [5.41, 5.74) is 0. The highest BCUT2D eigenvalue weighted by Gasteiger charge is 2.43. The minimum Gasteiger partial charge on any atom is -0.469 e. The molecule has 2 aliphatic heterocycles. The molecule has 0 saturated carbocycles. The van der Waals surface area contributed by atoms with Gasteiger partial charge in [0.1, 0.15) is 24.4 Å². The predicted molar refractivity (Wildman–Crippen MR) is 88.9 cm³/mol. The fraction of sp³-hybridized carbons (Fsp3) is 0.882. The molecular formula is C17H29NO8. The number of carbonyl (C=O) groups excluding carboxylic acids is 2. The average Bonchev–Trinajstić information content (AvgIpc) is 2.65. The van der Waals surface area contributed by atoms with Gasteiger partial charge in [-0.3, -0.25) is 9.59 Å². The van der Waals surface area contributed by atoms with Crippen LogP contribution in [0.3, 0.4) is 0 Å². The fourth-order valence-corrected chi connectivity index (χ4v) is 3.55. The summed E-state index contributed by atoms with van der Waals surface area (Å²) in [7, 11) is 1.36. The summed E-state index contributed by atoms with van der Waals surface area (Å²) in [5, 5.41) is 38.7. The van der Waals surface area contributed by atoms with Crippen LogP contribution in [0.2, 0.25) is 0 Å². The average molecular weight is 375 g/mol. The van der Waals surface area contributed by atoms with Crippen LogP contribution in [-0.4, -0.2) is 94.5 Å². The van der Waals surface area contributed by atoms with Crippen molar-refractivity contribution in [3.05, 3.63) is 0 Å². The van der Waals surface area contributed by atoms with Crippen LogP contribution < -0.4 is 0 Å². The van der Waals surface area contributed by atoms with E-state index < -0.39 is 37.1 Å². The quantitative estimate of drug-likeness (QED) is 0.408. The monoisotopic (exact) mass is 375 g/mol. The Hall–Kier alpha value is -1.26. The van der Waals surface area contributed by atoms with Gasteiger partial charge in [-0.1, -0.05) is 0 Å². The molecule has 0 aliphatic carbocycles. The van der Waals surface area contributed by atoms with Crippen molar-refractivity contribution in [2.24, 2.45) is 5.92 Å². The second-order valence-electron chi connectivity index (χ2n) is 7.01. The summed E-state index contributed by atoms with van der Waals surface area (Å²) in [6, 6.07) is 0. The zero-order chi connectivity index (χ0) is 19.3. The van der Waals surface area contributed by atoms with Crippen LogP contribution >= 0.6 is 0 Å². The van der Waals surface area contributed by atoms with E-state index in [0.717, 1.165) is 12.8 Å². The number of ether oxygens (including phenoxy) is 2. The van der Waals surface area contributed by atoms with E-state index in [2.05, 4.69) is 4.74 Å². The van der Waals surface area contributed by atoms with E-state index in [4.69, 9.17) is 4.74 Å². The second kappa shape index (κ2) is 9.61. The summed E-state index contributed by atoms with van der Waals surface area (Å²) >= 11 is 0. The van der Waals surface area contributed by atoms with Crippen molar-refractivity contribution in [3.8, 4) is 0 Å². The van der Waals surface area contributed by atoms with Gasteiger partial charge in [-0.2, -0.15) is 0 Å². The molecule has 0 aromatic carbocycles. The smallest absolute Gasteiger partial charge is 0.305 e. The molecule has 0 radical (unpaired) electrons. The third kappa shape index (κ3) is 5.14. The number of aliphatic hydroxyl groups excluding tert-OH is 4. The van der Waals surface area contributed by atoms with E-state index in [0.29, 0.717) is 19.5 Å². The first-order valence-corrected chi connectivity index (χ1v) is 9.02. The lowest BCUT2D eigenvalue weighted by atomic mass is 9.92. The number of likely N-dealkylation sites (tertiary alicyclic amines) is 1. The van der Waals surface area contributed by atoms with Crippen LogP contribution in [0, 0.1) is 5.92 Å². The highest BCUT2D eigenvalue weighted by molar-refractivity contribution is 5.76. The van der Waals surface area contributed by atoms with Crippen molar-refractivity contribution < 1.29 is 39.5 Å². The molecule has 9 heteroatoms. The number of piperidine rings is 1. The molecule has 26 heavy (non-hydrogen) atoms. The Balaban J connectivity index is 1.77. The molecule has 2 saturated heterocycles. The Morgan fingerprint density at radius 1 is 1.08 bits per heavy atom. The largest absolute Gasteiger partial charge is 0.469 e. The standard InChI is InChI=1S/C17H29NO8/c1-25-14(21)8-10-4-6-18(7-5-10)13(20)3-2-11-15(22)17(24)16(23)12(9-19)26-11/h10-12,15-17,19,22-24H,2-9H2,1H3/t11-,12-,15-,16-,17-/m1/s1. The number of esters is 1. The van der Waals surface area contributed by atoms with Crippen molar-refractivity contribution in [3.63, 3.8) is 0 Å². The first kappa shape index (κ1) is 21.0. The highest BCUT2D eigenvalue weighted by atomic mass is 16.5. The summed E-state index contributed by atoms with van der Waals surface area (Å²) in [4.78, 5) is 25.4. The van der Waals surface area contributed by atoms with E-state index in [1.807, 2.05) is 0 Å². The first-order valence-electron chi connectivity index (χ1n) is 9.02. The Labute approximate surface area is 152 Å². The van der Waals surface area contributed by atoms with Crippen molar-refractivity contribution in [2.75, 3.05) is 26.8 Å². The van der Waals surface area contributed by atoms with Gasteiger partial charge in [-0.25, -0.2) is 0 Å². The molecular weight excluding hydrogens is 346 g/mol. The van der Waals surface area contributed by atoms with Gasteiger partial charge < -0.3 is 34.8 Å². The zero-order valence-electron chi connectivity index (χ0n) is 15.0. The summed E-state index contributed by atoms with van der Waals surface area (Å²) in [6.07, 6.45) is -3.76. The minimum absolute atomic E-state index is 0.0847. The zero-order valence-corrected chi connectivity index (χ0v) is 15.0. The molecule has 2 heterocycles. The fourth-order valence-electron chi connectivity index (χ4n) is 3.55. The molecule has 1 amide bonds. The maximum atomic E-state index is 12.4. The third-order valence-corrected chi connectivity index (χ3v) is 5.28. The summed E-state index contributed by atoms with van der Waals surface area (Å²) < 4.78 is 10.1. The molecule has 9 nitrogen and oxygen atoms in total. The number of nitrogens with zero attached hydrogens (tertiary/aromatic N) is 1. The SMILES string of the molecule is COC(=O)CC1CCN(C(=O)CC[C@H]2O[C@H](CO)[C@@H](O)[C@H](O)[C@@H]2O)CC1. The van der Waals surface area contributed by atoms with Crippen LogP contribution in [-0.2, 0) is 19.1 Å². The lowest BCUT2D eigenvalue weighted by molar-refractivity contribution is -0.230. The van der Waals surface area contributed by atoms with Gasteiger partial charge in [0, 0.05) is 25.9 Å². The molecule has 2 fully saturated rings. The van der Waals surface area contributed by atoms with Gasteiger partial charge in [0.25, 0.3) is 0 Å². The summed E-state index contributed by atoms with van der Waals surface area (Å²) in [6.45, 7) is 0.646. The second-order valence-corrected chi connectivity index (χ2v) is 7.01. The summed E-state index contributed by atoms with van der Waals surface area (Å²) in [5.74, 6) is -0.104. The van der Waals surface area contributed by atoms with Gasteiger partial charge in [0.05, 0.1) is 19.8 Å². The van der Waals surface area contributed by atoms with Crippen LogP contribution in [0.1, 0.15) is 32.1 Å². The van der Waals surface area contributed by atoms with E-state index in [9.17, 15) is 30.0 Å². The van der Waals surface area contributed by atoms with Gasteiger partial charge >= 0.3 is 5.97 Å². The Morgan fingerprint density at radius 2 is 1.69 bits per heavy atom. The maximum absolute atomic E-state index is 12.4. The molecule has 0 unspecified atom stereocenters. The van der Waals surface area contributed by atoms with Crippen molar-refractivity contribution in [1.29, 1.82) is 0 Å². The molecule has 5 atom stereocenters. The number of methoxy groups -OCH3 is 1. The molecule has 0 aromatic rings. The van der Waals surface area contributed by atoms with Crippen molar-refractivity contribution in [1.82, 2.24) is 4.90 Å². The molecule has 0 bridgehead atoms. The minimum atomic E-state index is -1.42. The van der Waals surface area contributed by atoms with Crippen LogP contribution in [0.4, 0.5) is 0 Å². The van der Waals surface area contributed by atoms with Gasteiger partial charge in [0.2, 0.25) is 5.91 Å². The third-order valence-electron chi connectivity index (χ3n) is 5.28. The number of hydrogen-bond donors (Lipinski definition) is 4. The molecule has 2 rings (SSSR count). The van der Waals surface area contributed by atoms with Crippen molar-refractivity contribution >= 4 is 11.9 Å². The van der Waals surface area contributed by atoms with Gasteiger partial charge in [-0.15, -0.1) is 0 Å². The van der Waals surface area contributed by atoms with E-state index in [-0.39, 0.29) is 30.6 Å². The molecule has 0 aromatic heterocycles. The molecule has 4 N–H and O–H groups in total. The Bertz CT molecular complexity index is 477. The normalized spacial score (nSPS) is 33.1. The lowest BCUT2D eigenvalue weighted by Crippen LogP contribution is -2.58. The van der Waals surface area contributed by atoms with Gasteiger partial charge in [-0.05, 0) is 25.2 Å². The number of rotatable bonds is 6. The lowest BCUT2D eigenvalue weighted by Gasteiger charge is -2.40. The van der Waals surface area contributed by atoms with Crippen LogP contribution in [0.15, 0.2) is 0 Å². The molecule has 0 spiro atoms. The van der Waals surface area contributed by atoms with Crippen molar-refractivity contribution in [2.45, 2.75) is 62.6 Å². The number of aliphatic hydroxyl groups is 4. The van der Waals surface area contributed by atoms with E-state index >= 15 is 0 Å². The Morgan fingerprint density at radius 3 is 2.27 bits per heavy atom. The van der Waals surface area contributed by atoms with Crippen LogP contribution in [0.25, 0.3) is 0 Å². The van der Waals surface area contributed by atoms with E-state index in [1.54, 1.807) is 4.90 Å². The molecule has 2 aliphatic rings. The highest BCUT2D eigenvalue weighted by Crippen LogP contribution is 2.25. The van der Waals surface area contributed by atoms with E-state index in [1.165, 1.54) is 7.11 Å². The topological polar surface area (TPSA) is 137 Å².